The summed E-state index contributed by atoms with van der Waals surface area (Å²) >= 11 is 0. The van der Waals surface area contributed by atoms with E-state index in [0.29, 0.717) is 12.5 Å². The minimum absolute atomic E-state index is 0.312. The molecule has 1 aliphatic rings. The van der Waals surface area contributed by atoms with Crippen LogP contribution in [-0.4, -0.2) is 42.9 Å². The molecule has 0 radical (unpaired) electrons. The number of hydrogen-bond donors (Lipinski definition) is 1. The number of benzene rings is 2. The first-order valence-corrected chi connectivity index (χ1v) is 7.80. The minimum atomic E-state index is 0.312. The van der Waals surface area contributed by atoms with Gasteiger partial charge in [0.2, 0.25) is 0 Å². The summed E-state index contributed by atoms with van der Waals surface area (Å²) < 4.78 is 5.88. The molecule has 1 unspecified atom stereocenters. The normalized spacial score (nSPS) is 19.2. The van der Waals surface area contributed by atoms with Gasteiger partial charge in [0.1, 0.15) is 12.4 Å². The van der Waals surface area contributed by atoms with Crippen LogP contribution in [-0.2, 0) is 0 Å². The number of aliphatic hydroxyl groups excluding tert-OH is 1. The van der Waals surface area contributed by atoms with Crippen LogP contribution in [0, 0.1) is 5.92 Å². The Hall–Kier alpha value is -1.58. The first-order valence-electron chi connectivity index (χ1n) is 7.80. The zero-order valence-electron chi connectivity index (χ0n) is 12.4. The molecule has 3 nitrogen and oxygen atoms in total. The Kier molecular flexibility index (Phi) is 4.73. The lowest BCUT2D eigenvalue weighted by atomic mass is 10.1. The van der Waals surface area contributed by atoms with Crippen molar-refractivity contribution >= 4 is 10.8 Å². The number of hydrogen-bond acceptors (Lipinski definition) is 3. The Morgan fingerprint density at radius 1 is 1.14 bits per heavy atom. The van der Waals surface area contributed by atoms with E-state index in [4.69, 9.17) is 9.84 Å². The van der Waals surface area contributed by atoms with Gasteiger partial charge in [0.05, 0.1) is 0 Å². The molecule has 0 spiro atoms. The first-order chi connectivity index (χ1) is 10.3. The number of nitrogens with zero attached hydrogens (tertiary/aromatic N) is 1. The van der Waals surface area contributed by atoms with Crippen molar-refractivity contribution in [1.29, 1.82) is 0 Å². The molecule has 3 rings (SSSR count). The SMILES string of the molecule is OCCC1CCN(CCOc2ccc3ccccc3c2)C1. The zero-order valence-corrected chi connectivity index (χ0v) is 12.4. The highest BCUT2D eigenvalue weighted by atomic mass is 16.5. The fourth-order valence-corrected chi connectivity index (χ4v) is 3.08. The Labute approximate surface area is 126 Å². The fraction of sp³-hybridized carbons (Fsp3) is 0.444. The number of aliphatic hydroxyl groups is 1. The fourth-order valence-electron chi connectivity index (χ4n) is 3.08. The van der Waals surface area contributed by atoms with E-state index in [0.717, 1.165) is 38.4 Å². The van der Waals surface area contributed by atoms with E-state index < -0.39 is 0 Å². The molecule has 0 aliphatic carbocycles. The molecule has 1 atom stereocenters. The highest BCUT2D eigenvalue weighted by Crippen LogP contribution is 2.21. The molecule has 0 bridgehead atoms. The summed E-state index contributed by atoms with van der Waals surface area (Å²) in [5.41, 5.74) is 0. The molecule has 21 heavy (non-hydrogen) atoms. The lowest BCUT2D eigenvalue weighted by Gasteiger charge is -2.16. The largest absolute Gasteiger partial charge is 0.492 e. The average Bonchev–Trinajstić information content (AvgIpc) is 2.95. The van der Waals surface area contributed by atoms with Crippen molar-refractivity contribution in [3.63, 3.8) is 0 Å². The molecule has 0 aromatic heterocycles. The number of rotatable bonds is 6. The molecule has 0 saturated carbocycles. The molecule has 0 amide bonds. The molecule has 1 saturated heterocycles. The molecule has 2 aromatic carbocycles. The lowest BCUT2D eigenvalue weighted by Crippen LogP contribution is -2.26. The van der Waals surface area contributed by atoms with Gasteiger partial charge in [-0.3, -0.25) is 4.90 Å². The van der Waals surface area contributed by atoms with Crippen LogP contribution < -0.4 is 4.74 Å². The van der Waals surface area contributed by atoms with E-state index in [1.165, 1.54) is 17.2 Å². The van der Waals surface area contributed by atoms with Crippen molar-refractivity contribution in [2.45, 2.75) is 12.8 Å². The topological polar surface area (TPSA) is 32.7 Å². The van der Waals surface area contributed by atoms with Crippen LogP contribution in [0.15, 0.2) is 42.5 Å². The predicted molar refractivity (Wildman–Crippen MR) is 85.7 cm³/mol. The quantitative estimate of drug-likeness (QED) is 0.886. The molecule has 3 heteroatoms. The van der Waals surface area contributed by atoms with Crippen molar-refractivity contribution in [2.24, 2.45) is 5.92 Å². The molecule has 1 heterocycles. The number of likely N-dealkylation sites (tertiary alicyclic amines) is 1. The molecule has 2 aromatic rings. The summed E-state index contributed by atoms with van der Waals surface area (Å²) in [6, 6.07) is 14.6. The standard InChI is InChI=1S/C18H23NO2/c20-11-8-15-7-9-19(14-15)10-12-21-18-6-5-16-3-1-2-4-17(16)13-18/h1-6,13,15,20H,7-12,14H2. The highest BCUT2D eigenvalue weighted by Gasteiger charge is 2.21. The maximum atomic E-state index is 8.98. The van der Waals surface area contributed by atoms with Crippen molar-refractivity contribution < 1.29 is 9.84 Å². The third-order valence-electron chi connectivity index (χ3n) is 4.30. The van der Waals surface area contributed by atoms with Gasteiger partial charge in [0.15, 0.2) is 0 Å². The summed E-state index contributed by atoms with van der Waals surface area (Å²) in [6.07, 6.45) is 2.14. The Balaban J connectivity index is 1.48. The van der Waals surface area contributed by atoms with Crippen LogP contribution in [0.1, 0.15) is 12.8 Å². The molecule has 1 fully saturated rings. The van der Waals surface area contributed by atoms with Gasteiger partial charge in [-0.05, 0) is 48.2 Å². The smallest absolute Gasteiger partial charge is 0.120 e. The van der Waals surface area contributed by atoms with Crippen molar-refractivity contribution in [1.82, 2.24) is 4.90 Å². The number of fused-ring (bicyclic) bond motifs is 1. The third-order valence-corrected chi connectivity index (χ3v) is 4.30. The molecule has 1 N–H and O–H groups in total. The van der Waals surface area contributed by atoms with E-state index in [1.807, 2.05) is 6.07 Å². The Morgan fingerprint density at radius 3 is 2.86 bits per heavy atom. The summed E-state index contributed by atoms with van der Waals surface area (Å²) in [6.45, 7) is 4.23. The maximum Gasteiger partial charge on any atom is 0.120 e. The lowest BCUT2D eigenvalue weighted by molar-refractivity contribution is 0.222. The van der Waals surface area contributed by atoms with Crippen LogP contribution in [0.25, 0.3) is 10.8 Å². The van der Waals surface area contributed by atoms with Gasteiger partial charge >= 0.3 is 0 Å². The van der Waals surface area contributed by atoms with Crippen LogP contribution in [0.4, 0.5) is 0 Å². The van der Waals surface area contributed by atoms with Crippen molar-refractivity contribution in [2.75, 3.05) is 32.8 Å². The predicted octanol–water partition coefficient (Wildman–Crippen LogP) is 2.92. The molecule has 112 valence electrons. The second kappa shape index (κ2) is 6.92. The summed E-state index contributed by atoms with van der Waals surface area (Å²) in [5, 5.41) is 11.4. The van der Waals surface area contributed by atoms with E-state index in [9.17, 15) is 0 Å². The summed E-state index contributed by atoms with van der Waals surface area (Å²) in [7, 11) is 0. The van der Waals surface area contributed by atoms with E-state index >= 15 is 0 Å². The maximum absolute atomic E-state index is 8.98. The summed E-state index contributed by atoms with van der Waals surface area (Å²) in [4.78, 5) is 2.43. The van der Waals surface area contributed by atoms with E-state index in [-0.39, 0.29) is 0 Å². The minimum Gasteiger partial charge on any atom is -0.492 e. The van der Waals surface area contributed by atoms with Gasteiger partial charge in [-0.25, -0.2) is 0 Å². The van der Waals surface area contributed by atoms with Crippen LogP contribution >= 0.6 is 0 Å². The zero-order chi connectivity index (χ0) is 14.5. The van der Waals surface area contributed by atoms with E-state index in [1.54, 1.807) is 0 Å². The van der Waals surface area contributed by atoms with Crippen LogP contribution in [0.5, 0.6) is 5.75 Å². The Morgan fingerprint density at radius 2 is 2.00 bits per heavy atom. The van der Waals surface area contributed by atoms with Crippen molar-refractivity contribution in [3.8, 4) is 5.75 Å². The van der Waals surface area contributed by atoms with Gasteiger partial charge in [-0.1, -0.05) is 30.3 Å². The highest BCUT2D eigenvalue weighted by molar-refractivity contribution is 5.83. The van der Waals surface area contributed by atoms with Gasteiger partial charge < -0.3 is 9.84 Å². The molecule has 1 aliphatic heterocycles. The molecular weight excluding hydrogens is 262 g/mol. The van der Waals surface area contributed by atoms with Crippen LogP contribution in [0.3, 0.4) is 0 Å². The Bertz CT molecular complexity index is 584. The van der Waals surface area contributed by atoms with Gasteiger partial charge in [0, 0.05) is 19.7 Å². The third kappa shape index (κ3) is 3.74. The average molecular weight is 285 g/mol. The second-order valence-corrected chi connectivity index (χ2v) is 5.83. The first kappa shape index (κ1) is 14.4. The number of ether oxygens (including phenoxy) is 1. The van der Waals surface area contributed by atoms with E-state index in [2.05, 4.69) is 41.3 Å². The monoisotopic (exact) mass is 285 g/mol. The summed E-state index contributed by atoms with van der Waals surface area (Å²) in [5.74, 6) is 1.61. The molecular formula is C18H23NO2. The van der Waals surface area contributed by atoms with Gasteiger partial charge in [-0.2, -0.15) is 0 Å². The van der Waals surface area contributed by atoms with Crippen LogP contribution in [0.2, 0.25) is 0 Å². The second-order valence-electron chi connectivity index (χ2n) is 5.83. The van der Waals surface area contributed by atoms with Gasteiger partial charge in [-0.15, -0.1) is 0 Å². The van der Waals surface area contributed by atoms with Crippen molar-refractivity contribution in [3.05, 3.63) is 42.5 Å². The van der Waals surface area contributed by atoms with Gasteiger partial charge in [0.25, 0.3) is 0 Å².